The minimum absolute atomic E-state index is 0.192. The third kappa shape index (κ3) is 2.97. The predicted octanol–water partition coefficient (Wildman–Crippen LogP) is 2.12. The summed E-state index contributed by atoms with van der Waals surface area (Å²) in [4.78, 5) is 16.7. The topological polar surface area (TPSA) is 108 Å². The number of pyridine rings is 1. The maximum atomic E-state index is 12.6. The number of ether oxygens (including phenoxy) is 2. The largest absolute Gasteiger partial charge is 0.486 e. The van der Waals surface area contributed by atoms with Crippen molar-refractivity contribution in [3.63, 3.8) is 0 Å². The summed E-state index contributed by atoms with van der Waals surface area (Å²) in [7, 11) is 0. The van der Waals surface area contributed by atoms with Crippen molar-refractivity contribution < 1.29 is 9.47 Å². The number of hydrogen-bond donors (Lipinski definition) is 0. The Bertz CT molecular complexity index is 1350. The third-order valence-corrected chi connectivity index (χ3v) is 4.60. The van der Waals surface area contributed by atoms with Crippen LogP contribution in [0.15, 0.2) is 65.8 Å². The van der Waals surface area contributed by atoms with E-state index in [1.54, 1.807) is 41.2 Å². The summed E-state index contributed by atoms with van der Waals surface area (Å²) in [5.41, 5.74) is 1.82. The molecule has 0 radical (unpaired) electrons. The minimum atomic E-state index is -0.270. The average molecular weight is 398 g/mol. The van der Waals surface area contributed by atoms with Gasteiger partial charge in [-0.05, 0) is 30.3 Å². The molecule has 9 nitrogen and oxygen atoms in total. The Kier molecular flexibility index (Phi) is 4.22. The van der Waals surface area contributed by atoms with Crippen LogP contribution in [0.5, 0.6) is 11.5 Å². The van der Waals surface area contributed by atoms with Crippen LogP contribution in [0.3, 0.4) is 0 Å². The molecule has 0 amide bonds. The molecular formula is C21H14N6O3. The molecule has 9 heteroatoms. The molecule has 0 aliphatic carbocycles. The van der Waals surface area contributed by atoms with Gasteiger partial charge in [-0.3, -0.25) is 4.79 Å². The van der Waals surface area contributed by atoms with Crippen molar-refractivity contribution in [2.45, 2.75) is 0 Å². The fourth-order valence-corrected chi connectivity index (χ4v) is 3.24. The highest BCUT2D eigenvalue weighted by atomic mass is 16.6. The van der Waals surface area contributed by atoms with Gasteiger partial charge in [-0.2, -0.15) is 15.5 Å². The zero-order valence-electron chi connectivity index (χ0n) is 15.6. The molecule has 3 aromatic heterocycles. The minimum Gasteiger partial charge on any atom is -0.486 e. The Balaban J connectivity index is 1.62. The molecule has 0 saturated carbocycles. The fourth-order valence-electron chi connectivity index (χ4n) is 3.24. The first-order chi connectivity index (χ1) is 14.7. The van der Waals surface area contributed by atoms with Crippen LogP contribution in [0.2, 0.25) is 0 Å². The molecule has 0 spiro atoms. The summed E-state index contributed by atoms with van der Waals surface area (Å²) in [6.07, 6.45) is 4.63. The van der Waals surface area contributed by atoms with Crippen LogP contribution in [0.1, 0.15) is 5.69 Å². The van der Waals surface area contributed by atoms with Crippen molar-refractivity contribution in [1.82, 2.24) is 24.5 Å². The highest BCUT2D eigenvalue weighted by Crippen LogP contribution is 2.32. The molecular weight excluding hydrogens is 384 g/mol. The normalized spacial score (nSPS) is 12.4. The molecule has 1 aliphatic heterocycles. The number of hydrogen-bond acceptors (Lipinski definition) is 7. The van der Waals surface area contributed by atoms with Crippen LogP contribution in [0.25, 0.3) is 22.8 Å². The molecule has 4 heterocycles. The standard InChI is InChI=1S/C21H14N6O3/c22-13-15-16(2-1-7-23-15)26-9-6-18(28)21(25-26)17-5-8-24-27(17)14-3-4-19-20(12-14)30-11-10-29-19/h1-9,12H,10-11H2. The van der Waals surface area contributed by atoms with Crippen molar-refractivity contribution in [3.05, 3.63) is 77.0 Å². The van der Waals surface area contributed by atoms with Crippen LogP contribution >= 0.6 is 0 Å². The number of fused-ring (bicyclic) bond motifs is 1. The van der Waals surface area contributed by atoms with E-state index in [4.69, 9.17) is 9.47 Å². The molecule has 0 saturated heterocycles. The quantitative estimate of drug-likeness (QED) is 0.520. The summed E-state index contributed by atoms with van der Waals surface area (Å²) in [5.74, 6) is 1.28. The molecule has 5 rings (SSSR count). The first kappa shape index (κ1) is 17.6. The van der Waals surface area contributed by atoms with Crippen molar-refractivity contribution in [2.24, 2.45) is 0 Å². The van der Waals surface area contributed by atoms with Gasteiger partial charge >= 0.3 is 0 Å². The molecule has 0 atom stereocenters. The third-order valence-electron chi connectivity index (χ3n) is 4.60. The second-order valence-corrected chi connectivity index (χ2v) is 6.41. The van der Waals surface area contributed by atoms with Gasteiger partial charge in [-0.15, -0.1) is 0 Å². The van der Waals surface area contributed by atoms with Gasteiger partial charge in [0.15, 0.2) is 22.9 Å². The van der Waals surface area contributed by atoms with Gasteiger partial charge in [0, 0.05) is 24.5 Å². The number of nitrogens with zero attached hydrogens (tertiary/aromatic N) is 6. The average Bonchev–Trinajstić information content (AvgIpc) is 3.29. The predicted molar refractivity (Wildman–Crippen MR) is 106 cm³/mol. The van der Waals surface area contributed by atoms with E-state index >= 15 is 0 Å². The van der Waals surface area contributed by atoms with E-state index in [1.807, 2.05) is 12.1 Å². The number of aromatic nitrogens is 5. The van der Waals surface area contributed by atoms with Crippen LogP contribution in [-0.2, 0) is 0 Å². The lowest BCUT2D eigenvalue weighted by atomic mass is 10.2. The van der Waals surface area contributed by atoms with E-state index in [9.17, 15) is 10.1 Å². The van der Waals surface area contributed by atoms with Gasteiger partial charge in [-0.1, -0.05) is 0 Å². The molecule has 4 aromatic rings. The van der Waals surface area contributed by atoms with Crippen LogP contribution in [0, 0.1) is 11.3 Å². The van der Waals surface area contributed by atoms with Gasteiger partial charge in [-0.25, -0.2) is 14.3 Å². The summed E-state index contributed by atoms with van der Waals surface area (Å²) in [6.45, 7) is 0.978. The molecule has 0 unspecified atom stereocenters. The molecule has 30 heavy (non-hydrogen) atoms. The Morgan fingerprint density at radius 1 is 1.03 bits per heavy atom. The van der Waals surface area contributed by atoms with Crippen molar-refractivity contribution in [2.75, 3.05) is 13.2 Å². The summed E-state index contributed by atoms with van der Waals surface area (Å²) in [6, 6.07) is 14.0. The first-order valence-corrected chi connectivity index (χ1v) is 9.14. The zero-order valence-corrected chi connectivity index (χ0v) is 15.6. The Labute approximate surface area is 170 Å². The van der Waals surface area contributed by atoms with Crippen LogP contribution < -0.4 is 14.9 Å². The van der Waals surface area contributed by atoms with E-state index < -0.39 is 0 Å². The number of nitriles is 1. The highest BCUT2D eigenvalue weighted by molar-refractivity contribution is 5.59. The van der Waals surface area contributed by atoms with Crippen molar-refractivity contribution in [3.8, 4) is 40.3 Å². The maximum absolute atomic E-state index is 12.6. The molecule has 0 fully saturated rings. The van der Waals surface area contributed by atoms with Crippen LogP contribution in [0.4, 0.5) is 0 Å². The summed E-state index contributed by atoms with van der Waals surface area (Å²) < 4.78 is 14.3. The Morgan fingerprint density at radius 3 is 2.77 bits per heavy atom. The molecule has 146 valence electrons. The number of rotatable bonds is 3. The fraction of sp³-hybridized carbons (Fsp3) is 0.0952. The Hall–Kier alpha value is -4.45. The second kappa shape index (κ2) is 7.18. The van der Waals surface area contributed by atoms with Gasteiger partial charge < -0.3 is 9.47 Å². The number of benzene rings is 1. The summed E-state index contributed by atoms with van der Waals surface area (Å²) in [5, 5.41) is 18.1. The van der Waals surface area contributed by atoms with Gasteiger partial charge in [0.2, 0.25) is 5.43 Å². The van der Waals surface area contributed by atoms with Crippen molar-refractivity contribution in [1.29, 1.82) is 5.26 Å². The molecule has 0 N–H and O–H groups in total. The van der Waals surface area contributed by atoms with E-state index in [0.29, 0.717) is 41.8 Å². The lowest BCUT2D eigenvalue weighted by Gasteiger charge is -2.19. The SMILES string of the molecule is N#Cc1ncccc1-n1ccc(=O)c(-c2ccnn2-c2ccc3c(c2)OCCO3)n1. The van der Waals surface area contributed by atoms with E-state index in [0.717, 1.165) is 0 Å². The maximum Gasteiger partial charge on any atom is 0.209 e. The monoisotopic (exact) mass is 398 g/mol. The van der Waals surface area contributed by atoms with E-state index in [-0.39, 0.29) is 16.8 Å². The van der Waals surface area contributed by atoms with Crippen LogP contribution in [-0.4, -0.2) is 37.8 Å². The lowest BCUT2D eigenvalue weighted by molar-refractivity contribution is 0.171. The molecule has 1 aliphatic rings. The second-order valence-electron chi connectivity index (χ2n) is 6.41. The van der Waals surface area contributed by atoms with Gasteiger partial charge in [0.05, 0.1) is 17.6 Å². The Morgan fingerprint density at radius 2 is 1.90 bits per heavy atom. The smallest absolute Gasteiger partial charge is 0.209 e. The van der Waals surface area contributed by atoms with E-state index in [2.05, 4.69) is 15.2 Å². The van der Waals surface area contributed by atoms with Gasteiger partial charge in [0.1, 0.15) is 25.0 Å². The lowest BCUT2D eigenvalue weighted by Crippen LogP contribution is -2.17. The van der Waals surface area contributed by atoms with Crippen molar-refractivity contribution >= 4 is 0 Å². The van der Waals surface area contributed by atoms with Gasteiger partial charge in [0.25, 0.3) is 0 Å². The first-order valence-electron chi connectivity index (χ1n) is 9.14. The van der Waals surface area contributed by atoms with E-state index in [1.165, 1.54) is 23.1 Å². The molecule has 0 bridgehead atoms. The summed E-state index contributed by atoms with van der Waals surface area (Å²) >= 11 is 0. The molecule has 1 aromatic carbocycles. The highest BCUT2D eigenvalue weighted by Gasteiger charge is 2.17. The zero-order chi connectivity index (χ0) is 20.5.